The number of hydrogen-bond acceptors (Lipinski definition) is 3. The molecule has 2 aromatic carbocycles. The van der Waals surface area contributed by atoms with Crippen molar-refractivity contribution in [3.63, 3.8) is 0 Å². The Kier molecular flexibility index (Phi) is 4.63. The summed E-state index contributed by atoms with van der Waals surface area (Å²) in [5.41, 5.74) is 6.60. The van der Waals surface area contributed by atoms with E-state index in [1.165, 1.54) is 12.1 Å². The van der Waals surface area contributed by atoms with Gasteiger partial charge < -0.3 is 10.5 Å². The third kappa shape index (κ3) is 3.74. The maximum atomic E-state index is 13.4. The molecule has 0 radical (unpaired) electrons. The van der Waals surface area contributed by atoms with Crippen LogP contribution < -0.4 is 10.5 Å². The SMILES string of the molecule is COc1ccc(SCc2cc(F)cc(C(=N)N)c2)cc1. The zero-order chi connectivity index (χ0) is 14.5. The Morgan fingerprint density at radius 3 is 2.55 bits per heavy atom. The van der Waals surface area contributed by atoms with Gasteiger partial charge in [-0.1, -0.05) is 0 Å². The number of nitrogens with two attached hydrogens (primary N) is 1. The molecule has 0 amide bonds. The van der Waals surface area contributed by atoms with Crippen molar-refractivity contribution in [2.75, 3.05) is 7.11 Å². The fourth-order valence-electron chi connectivity index (χ4n) is 1.73. The molecular formula is C15H15FN2OS. The van der Waals surface area contributed by atoms with E-state index in [0.29, 0.717) is 11.3 Å². The van der Waals surface area contributed by atoms with Gasteiger partial charge in [-0.25, -0.2) is 4.39 Å². The Bertz CT molecular complexity index is 614. The molecule has 0 heterocycles. The van der Waals surface area contributed by atoms with Gasteiger partial charge in [0.05, 0.1) is 7.11 Å². The lowest BCUT2D eigenvalue weighted by molar-refractivity contribution is 0.414. The van der Waals surface area contributed by atoms with Gasteiger partial charge in [-0.15, -0.1) is 11.8 Å². The molecule has 2 rings (SSSR count). The van der Waals surface area contributed by atoms with Gasteiger partial charge in [0.2, 0.25) is 0 Å². The van der Waals surface area contributed by atoms with Crippen LogP contribution in [0.1, 0.15) is 11.1 Å². The van der Waals surface area contributed by atoms with Crippen molar-refractivity contribution in [3.05, 3.63) is 59.4 Å². The first-order chi connectivity index (χ1) is 9.58. The van der Waals surface area contributed by atoms with Crippen molar-refractivity contribution in [1.29, 1.82) is 5.41 Å². The predicted octanol–water partition coefficient (Wildman–Crippen LogP) is 3.41. The summed E-state index contributed by atoms with van der Waals surface area (Å²) in [6.07, 6.45) is 0. The number of hydrogen-bond donors (Lipinski definition) is 2. The summed E-state index contributed by atoms with van der Waals surface area (Å²) in [6.45, 7) is 0. The van der Waals surface area contributed by atoms with Gasteiger partial charge in [0.1, 0.15) is 17.4 Å². The molecule has 3 nitrogen and oxygen atoms in total. The molecular weight excluding hydrogens is 275 g/mol. The lowest BCUT2D eigenvalue weighted by Crippen LogP contribution is -2.11. The Labute approximate surface area is 121 Å². The van der Waals surface area contributed by atoms with Gasteiger partial charge in [0.15, 0.2) is 0 Å². The van der Waals surface area contributed by atoms with E-state index in [9.17, 15) is 4.39 Å². The molecule has 0 saturated carbocycles. The standard InChI is InChI=1S/C15H15FN2OS/c1-19-13-2-4-14(5-3-13)20-9-10-6-11(15(17)18)8-12(16)7-10/h2-8H,9H2,1H3,(H3,17,18). The molecule has 0 saturated heterocycles. The van der Waals surface area contributed by atoms with Gasteiger partial charge in [0.25, 0.3) is 0 Å². The average molecular weight is 290 g/mol. The van der Waals surface area contributed by atoms with Crippen LogP contribution in [0.25, 0.3) is 0 Å². The third-order valence-electron chi connectivity index (χ3n) is 2.73. The smallest absolute Gasteiger partial charge is 0.124 e. The van der Waals surface area contributed by atoms with Crippen LogP contribution in [0.2, 0.25) is 0 Å². The van der Waals surface area contributed by atoms with E-state index < -0.39 is 0 Å². The van der Waals surface area contributed by atoms with E-state index in [4.69, 9.17) is 15.9 Å². The first-order valence-electron chi connectivity index (χ1n) is 5.99. The second-order valence-corrected chi connectivity index (χ2v) is 5.27. The lowest BCUT2D eigenvalue weighted by Gasteiger charge is -2.06. The van der Waals surface area contributed by atoms with Crippen molar-refractivity contribution in [1.82, 2.24) is 0 Å². The summed E-state index contributed by atoms with van der Waals surface area (Å²) < 4.78 is 18.5. The Morgan fingerprint density at radius 1 is 1.25 bits per heavy atom. The summed E-state index contributed by atoms with van der Waals surface area (Å²) >= 11 is 1.59. The van der Waals surface area contributed by atoms with Gasteiger partial charge >= 0.3 is 0 Å². The number of methoxy groups -OCH3 is 1. The highest BCUT2D eigenvalue weighted by atomic mass is 32.2. The Hall–Kier alpha value is -2.01. The van der Waals surface area contributed by atoms with E-state index >= 15 is 0 Å². The van der Waals surface area contributed by atoms with Crippen LogP contribution in [0, 0.1) is 11.2 Å². The minimum absolute atomic E-state index is 0.125. The molecule has 5 heteroatoms. The van der Waals surface area contributed by atoms with Crippen molar-refractivity contribution in [2.24, 2.45) is 5.73 Å². The number of benzene rings is 2. The highest BCUT2D eigenvalue weighted by Gasteiger charge is 2.04. The topological polar surface area (TPSA) is 59.1 Å². The van der Waals surface area contributed by atoms with Gasteiger partial charge in [-0.3, -0.25) is 5.41 Å². The maximum absolute atomic E-state index is 13.4. The van der Waals surface area contributed by atoms with E-state index in [-0.39, 0.29) is 11.7 Å². The zero-order valence-electron chi connectivity index (χ0n) is 11.0. The van der Waals surface area contributed by atoms with E-state index in [2.05, 4.69) is 0 Å². The number of ether oxygens (including phenoxy) is 1. The molecule has 0 unspecified atom stereocenters. The van der Waals surface area contributed by atoms with Gasteiger partial charge in [-0.05, 0) is 48.0 Å². The summed E-state index contributed by atoms with van der Waals surface area (Å²) in [7, 11) is 1.62. The average Bonchev–Trinajstić information content (AvgIpc) is 2.45. The minimum Gasteiger partial charge on any atom is -0.497 e. The van der Waals surface area contributed by atoms with Crippen molar-refractivity contribution < 1.29 is 9.13 Å². The number of rotatable bonds is 5. The molecule has 0 fully saturated rings. The van der Waals surface area contributed by atoms with Gasteiger partial charge in [0, 0.05) is 16.2 Å². The fourth-order valence-corrected chi connectivity index (χ4v) is 2.56. The fraction of sp³-hybridized carbons (Fsp3) is 0.133. The predicted molar refractivity (Wildman–Crippen MR) is 80.0 cm³/mol. The number of thioether (sulfide) groups is 1. The molecule has 0 spiro atoms. The molecule has 0 aliphatic heterocycles. The second kappa shape index (κ2) is 6.43. The quantitative estimate of drug-likeness (QED) is 0.504. The van der Waals surface area contributed by atoms with Crippen molar-refractivity contribution in [2.45, 2.75) is 10.6 Å². The van der Waals surface area contributed by atoms with E-state index in [1.54, 1.807) is 24.9 Å². The van der Waals surface area contributed by atoms with E-state index in [1.807, 2.05) is 24.3 Å². The first-order valence-corrected chi connectivity index (χ1v) is 6.98. The highest BCUT2D eigenvalue weighted by molar-refractivity contribution is 7.98. The molecule has 20 heavy (non-hydrogen) atoms. The summed E-state index contributed by atoms with van der Waals surface area (Å²) in [6, 6.07) is 12.1. The Morgan fingerprint density at radius 2 is 1.95 bits per heavy atom. The lowest BCUT2D eigenvalue weighted by atomic mass is 10.1. The zero-order valence-corrected chi connectivity index (χ0v) is 11.8. The van der Waals surface area contributed by atoms with E-state index in [0.717, 1.165) is 16.2 Å². The molecule has 2 aromatic rings. The van der Waals surface area contributed by atoms with Crippen LogP contribution in [0.3, 0.4) is 0 Å². The molecule has 0 aliphatic carbocycles. The minimum atomic E-state index is -0.372. The molecule has 104 valence electrons. The van der Waals surface area contributed by atoms with Crippen LogP contribution >= 0.6 is 11.8 Å². The van der Waals surface area contributed by atoms with Crippen LogP contribution in [0.5, 0.6) is 5.75 Å². The van der Waals surface area contributed by atoms with Crippen LogP contribution in [0.15, 0.2) is 47.4 Å². The summed E-state index contributed by atoms with van der Waals surface area (Å²) in [5, 5.41) is 7.36. The molecule has 0 aromatic heterocycles. The highest BCUT2D eigenvalue weighted by Crippen LogP contribution is 2.25. The number of nitrogen functional groups attached to an aromatic ring is 1. The molecule has 0 aliphatic rings. The summed E-state index contributed by atoms with van der Waals surface area (Å²) in [5.74, 6) is 0.923. The van der Waals surface area contributed by atoms with Crippen LogP contribution in [-0.4, -0.2) is 12.9 Å². The number of halogens is 1. The first kappa shape index (κ1) is 14.4. The molecule has 0 atom stereocenters. The third-order valence-corrected chi connectivity index (χ3v) is 3.82. The number of amidine groups is 1. The number of nitrogens with one attached hydrogen (secondary N) is 1. The van der Waals surface area contributed by atoms with Crippen LogP contribution in [0.4, 0.5) is 4.39 Å². The van der Waals surface area contributed by atoms with Crippen molar-refractivity contribution >= 4 is 17.6 Å². The summed E-state index contributed by atoms with van der Waals surface area (Å²) in [4.78, 5) is 1.07. The Balaban J connectivity index is 2.08. The maximum Gasteiger partial charge on any atom is 0.124 e. The monoisotopic (exact) mass is 290 g/mol. The largest absolute Gasteiger partial charge is 0.497 e. The molecule has 0 bridgehead atoms. The normalized spacial score (nSPS) is 10.3. The van der Waals surface area contributed by atoms with Crippen LogP contribution in [-0.2, 0) is 5.75 Å². The van der Waals surface area contributed by atoms with Crippen molar-refractivity contribution in [3.8, 4) is 5.75 Å². The second-order valence-electron chi connectivity index (χ2n) is 4.23. The van der Waals surface area contributed by atoms with Gasteiger partial charge in [-0.2, -0.15) is 0 Å². The molecule has 3 N–H and O–H groups in total.